The molecule has 0 aromatic rings. The SMILES string of the molecule is CC1=C(C)C(C)=[C]([Zr]([C]2=CC=CC2)=[C](C)C)C1. The van der Waals surface area contributed by atoms with Gasteiger partial charge < -0.3 is 0 Å². The van der Waals surface area contributed by atoms with Crippen LogP contribution in [-0.2, 0) is 21.3 Å². The van der Waals surface area contributed by atoms with Crippen molar-refractivity contribution in [1.29, 1.82) is 0 Å². The standard InChI is InChI=1S/C8H11.C5H5.C3H6.Zr/c1-6-4-5-7(2)8(6)3;1-2-4-5-3-1;1-3-2;/h4H2,1-3H3;1-3H,4H2;1-2H3;. The van der Waals surface area contributed by atoms with Gasteiger partial charge in [0.2, 0.25) is 0 Å². The number of rotatable bonds is 2. The minimum absolute atomic E-state index is 1.22. The number of hydrogen-bond donors (Lipinski definition) is 0. The summed E-state index contributed by atoms with van der Waals surface area (Å²) in [5.74, 6) is 0. The van der Waals surface area contributed by atoms with E-state index in [1.54, 1.807) is 23.2 Å². The van der Waals surface area contributed by atoms with Crippen molar-refractivity contribution in [2.75, 3.05) is 0 Å². The average molecular weight is 306 g/mol. The van der Waals surface area contributed by atoms with Crippen LogP contribution in [0.1, 0.15) is 47.5 Å². The zero-order chi connectivity index (χ0) is 12.6. The van der Waals surface area contributed by atoms with Gasteiger partial charge in [-0.15, -0.1) is 0 Å². The van der Waals surface area contributed by atoms with Crippen molar-refractivity contribution in [3.63, 3.8) is 0 Å². The van der Waals surface area contributed by atoms with E-state index in [1.165, 1.54) is 12.8 Å². The predicted molar refractivity (Wildman–Crippen MR) is 73.9 cm³/mol. The molecule has 0 bridgehead atoms. The van der Waals surface area contributed by atoms with Gasteiger partial charge in [0.05, 0.1) is 0 Å². The van der Waals surface area contributed by atoms with Crippen molar-refractivity contribution in [1.82, 2.24) is 0 Å². The Morgan fingerprint density at radius 3 is 2.24 bits per heavy atom. The van der Waals surface area contributed by atoms with Crippen molar-refractivity contribution >= 4 is 3.21 Å². The molecule has 0 saturated carbocycles. The molecule has 0 spiro atoms. The molecule has 0 amide bonds. The third-order valence-electron chi connectivity index (χ3n) is 3.99. The van der Waals surface area contributed by atoms with E-state index >= 15 is 0 Å². The Hall–Kier alpha value is -0.287. The van der Waals surface area contributed by atoms with Crippen molar-refractivity contribution in [2.24, 2.45) is 0 Å². The maximum atomic E-state index is 2.39. The minimum atomic E-state index is -1.64. The Morgan fingerprint density at radius 2 is 1.82 bits per heavy atom. The van der Waals surface area contributed by atoms with Crippen LogP contribution in [0.3, 0.4) is 0 Å². The van der Waals surface area contributed by atoms with Gasteiger partial charge in [0.15, 0.2) is 0 Å². The van der Waals surface area contributed by atoms with Crippen LogP contribution in [0.25, 0.3) is 0 Å². The molecule has 0 heterocycles. The summed E-state index contributed by atoms with van der Waals surface area (Å²) in [5.41, 5.74) is 4.78. The molecule has 0 aliphatic heterocycles. The summed E-state index contributed by atoms with van der Waals surface area (Å²) in [6.45, 7) is 11.7. The van der Waals surface area contributed by atoms with Gasteiger partial charge in [-0.2, -0.15) is 0 Å². The summed E-state index contributed by atoms with van der Waals surface area (Å²) in [6.07, 6.45) is 9.43. The van der Waals surface area contributed by atoms with Gasteiger partial charge in [0.25, 0.3) is 0 Å². The maximum absolute atomic E-state index is 2.39. The summed E-state index contributed by atoms with van der Waals surface area (Å²) in [5, 5.41) is 0. The molecule has 0 N–H and O–H groups in total. The molecular formula is C16H22Zr. The summed E-state index contributed by atoms with van der Waals surface area (Å²) in [6, 6.07) is 0. The van der Waals surface area contributed by atoms with E-state index in [0.717, 1.165) is 0 Å². The van der Waals surface area contributed by atoms with Gasteiger partial charge in [-0.05, 0) is 0 Å². The molecule has 0 atom stereocenters. The average Bonchev–Trinajstić information content (AvgIpc) is 2.85. The first kappa shape index (κ1) is 13.2. The molecule has 2 rings (SSSR count). The summed E-state index contributed by atoms with van der Waals surface area (Å²) < 4.78 is 5.32. The Morgan fingerprint density at radius 1 is 1.12 bits per heavy atom. The van der Waals surface area contributed by atoms with Gasteiger partial charge in [-0.25, -0.2) is 0 Å². The first-order valence-corrected chi connectivity index (χ1v) is 10.1. The van der Waals surface area contributed by atoms with Gasteiger partial charge in [-0.1, -0.05) is 0 Å². The van der Waals surface area contributed by atoms with Gasteiger partial charge in [-0.3, -0.25) is 0 Å². The van der Waals surface area contributed by atoms with Gasteiger partial charge >= 0.3 is 113 Å². The Balaban J connectivity index is 2.43. The van der Waals surface area contributed by atoms with Gasteiger partial charge in [0, 0.05) is 0 Å². The molecule has 90 valence electrons. The van der Waals surface area contributed by atoms with E-state index < -0.39 is 21.3 Å². The van der Waals surface area contributed by atoms with E-state index in [1.807, 2.05) is 3.28 Å². The fraction of sp³-hybridized carbons (Fsp3) is 0.438. The molecule has 0 saturated heterocycles. The summed E-state index contributed by atoms with van der Waals surface area (Å²) >= 11 is -1.64. The van der Waals surface area contributed by atoms with Crippen LogP contribution >= 0.6 is 0 Å². The predicted octanol–water partition coefficient (Wildman–Crippen LogP) is 4.67. The molecule has 2 aliphatic carbocycles. The van der Waals surface area contributed by atoms with Gasteiger partial charge in [0.1, 0.15) is 0 Å². The van der Waals surface area contributed by atoms with Crippen LogP contribution in [-0.4, -0.2) is 3.21 Å². The second-order valence-electron chi connectivity index (χ2n) is 5.38. The van der Waals surface area contributed by atoms with Crippen LogP contribution in [0.5, 0.6) is 0 Å². The van der Waals surface area contributed by atoms with Crippen LogP contribution in [0, 0.1) is 0 Å². The monoisotopic (exact) mass is 304 g/mol. The fourth-order valence-corrected chi connectivity index (χ4v) is 10.7. The van der Waals surface area contributed by atoms with Crippen molar-refractivity contribution in [3.8, 4) is 0 Å². The van der Waals surface area contributed by atoms with E-state index in [2.05, 4.69) is 52.8 Å². The Labute approximate surface area is 113 Å². The van der Waals surface area contributed by atoms with E-state index in [-0.39, 0.29) is 0 Å². The summed E-state index contributed by atoms with van der Waals surface area (Å²) in [7, 11) is 0. The molecule has 0 unspecified atom stereocenters. The third kappa shape index (κ3) is 2.45. The topological polar surface area (TPSA) is 0 Å². The second-order valence-corrected chi connectivity index (χ2v) is 12.7. The molecule has 0 radical (unpaired) electrons. The zero-order valence-electron chi connectivity index (χ0n) is 11.6. The zero-order valence-corrected chi connectivity index (χ0v) is 14.1. The molecular weight excluding hydrogens is 283 g/mol. The first-order valence-electron chi connectivity index (χ1n) is 6.42. The molecule has 0 aromatic heterocycles. The van der Waals surface area contributed by atoms with E-state index in [9.17, 15) is 0 Å². The Kier molecular flexibility index (Phi) is 3.98. The normalized spacial score (nSPS) is 19.2. The first-order chi connectivity index (χ1) is 8.02. The van der Waals surface area contributed by atoms with Crippen molar-refractivity contribution in [2.45, 2.75) is 47.5 Å². The number of allylic oxidation sites excluding steroid dienone is 8. The fourth-order valence-electron chi connectivity index (χ4n) is 2.80. The molecule has 2 aliphatic rings. The van der Waals surface area contributed by atoms with E-state index in [4.69, 9.17) is 0 Å². The number of hydrogen-bond acceptors (Lipinski definition) is 0. The molecule has 1 heteroatoms. The second kappa shape index (κ2) is 5.14. The Bertz CT molecular complexity index is 504. The van der Waals surface area contributed by atoms with Crippen molar-refractivity contribution in [3.05, 3.63) is 41.5 Å². The summed E-state index contributed by atoms with van der Waals surface area (Å²) in [4.78, 5) is 0. The molecule has 0 nitrogen and oxygen atoms in total. The molecule has 0 aromatic carbocycles. The third-order valence-corrected chi connectivity index (χ3v) is 11.8. The van der Waals surface area contributed by atoms with Crippen LogP contribution in [0.2, 0.25) is 0 Å². The quantitative estimate of drug-likeness (QED) is 0.695. The van der Waals surface area contributed by atoms with Crippen molar-refractivity contribution < 1.29 is 21.3 Å². The van der Waals surface area contributed by atoms with E-state index in [0.29, 0.717) is 0 Å². The molecule has 0 fully saturated rings. The molecule has 17 heavy (non-hydrogen) atoms. The van der Waals surface area contributed by atoms with Crippen LogP contribution < -0.4 is 0 Å². The van der Waals surface area contributed by atoms with Crippen LogP contribution in [0.4, 0.5) is 0 Å². The van der Waals surface area contributed by atoms with Crippen LogP contribution in [0.15, 0.2) is 41.5 Å².